The Morgan fingerprint density at radius 1 is 0.944 bits per heavy atom. The standard InChI is InChI=1S/C27H24N4O5/c32-24(29-16-17-5-4-10-28-15-17)22-14-19(7-9-23(22)30-11-2-1-3-12-30)31-25(33)20-8-6-18(27(35)36)13-21(20)26(31)34/h4-10,13-15H,1-3,11-12,16H2,(H,29,32)(H,35,36). The number of fused-ring (bicyclic) bond motifs is 1. The van der Waals surface area contributed by atoms with Crippen molar-refractivity contribution < 1.29 is 24.3 Å². The second kappa shape index (κ2) is 9.61. The summed E-state index contributed by atoms with van der Waals surface area (Å²) in [6, 6.07) is 12.5. The van der Waals surface area contributed by atoms with E-state index in [1.807, 2.05) is 6.07 Å². The Balaban J connectivity index is 1.49. The molecule has 2 N–H and O–H groups in total. The van der Waals surface area contributed by atoms with E-state index >= 15 is 0 Å². The van der Waals surface area contributed by atoms with Gasteiger partial charge in [0.2, 0.25) is 0 Å². The maximum atomic E-state index is 13.3. The van der Waals surface area contributed by atoms with E-state index in [0.717, 1.165) is 48.5 Å². The highest BCUT2D eigenvalue weighted by Crippen LogP contribution is 2.33. The largest absolute Gasteiger partial charge is 0.478 e. The second-order valence-electron chi connectivity index (χ2n) is 8.80. The van der Waals surface area contributed by atoms with E-state index in [1.165, 1.54) is 18.2 Å². The van der Waals surface area contributed by atoms with Crippen molar-refractivity contribution in [1.82, 2.24) is 10.3 Å². The summed E-state index contributed by atoms with van der Waals surface area (Å²) in [5.74, 6) is -2.69. The van der Waals surface area contributed by atoms with E-state index in [9.17, 15) is 24.3 Å². The molecule has 0 bridgehead atoms. The number of piperidine rings is 1. The molecule has 0 atom stereocenters. The summed E-state index contributed by atoms with van der Waals surface area (Å²) in [4.78, 5) is 58.2. The highest BCUT2D eigenvalue weighted by molar-refractivity contribution is 6.34. The normalized spacial score (nSPS) is 15.1. The van der Waals surface area contributed by atoms with Crippen molar-refractivity contribution in [2.75, 3.05) is 22.9 Å². The lowest BCUT2D eigenvalue weighted by Gasteiger charge is -2.31. The number of pyridine rings is 1. The first-order valence-corrected chi connectivity index (χ1v) is 11.8. The van der Waals surface area contributed by atoms with E-state index in [1.54, 1.807) is 36.7 Å². The molecular weight excluding hydrogens is 460 g/mol. The molecule has 2 aliphatic heterocycles. The summed E-state index contributed by atoms with van der Waals surface area (Å²) >= 11 is 0. The van der Waals surface area contributed by atoms with Gasteiger partial charge in [0, 0.05) is 37.7 Å². The number of imide groups is 1. The van der Waals surface area contributed by atoms with Crippen LogP contribution in [0.4, 0.5) is 11.4 Å². The van der Waals surface area contributed by atoms with Crippen LogP contribution in [0, 0.1) is 0 Å². The molecule has 1 fully saturated rings. The highest BCUT2D eigenvalue weighted by Gasteiger charge is 2.38. The van der Waals surface area contributed by atoms with Gasteiger partial charge in [-0.05, 0) is 67.3 Å². The number of carbonyl (C=O) groups excluding carboxylic acids is 3. The predicted octanol–water partition coefficient (Wildman–Crippen LogP) is 3.50. The number of nitrogens with one attached hydrogen (secondary N) is 1. The number of rotatable bonds is 6. The number of carboxylic acids is 1. The van der Waals surface area contributed by atoms with E-state index in [-0.39, 0.29) is 34.8 Å². The quantitative estimate of drug-likeness (QED) is 0.514. The molecule has 0 unspecified atom stereocenters. The first kappa shape index (κ1) is 23.2. The lowest BCUT2D eigenvalue weighted by atomic mass is 10.1. The van der Waals surface area contributed by atoms with E-state index < -0.39 is 17.8 Å². The third-order valence-electron chi connectivity index (χ3n) is 6.49. The molecule has 2 aromatic carbocycles. The minimum absolute atomic E-state index is 0.0302. The van der Waals surface area contributed by atoms with Gasteiger partial charge in [-0.1, -0.05) is 6.07 Å². The van der Waals surface area contributed by atoms with Crippen LogP contribution in [0.2, 0.25) is 0 Å². The molecule has 0 spiro atoms. The SMILES string of the molecule is O=C(O)c1ccc2c(c1)C(=O)N(c1ccc(N3CCCCC3)c(C(=O)NCc3cccnc3)c1)C2=O. The molecule has 1 aromatic heterocycles. The van der Waals surface area contributed by atoms with Crippen molar-refractivity contribution in [2.45, 2.75) is 25.8 Å². The average Bonchev–Trinajstić information content (AvgIpc) is 3.17. The number of carboxylic acid groups (broad SMARTS) is 1. The molecule has 0 saturated carbocycles. The van der Waals surface area contributed by atoms with Gasteiger partial charge in [0.15, 0.2) is 0 Å². The molecule has 36 heavy (non-hydrogen) atoms. The van der Waals surface area contributed by atoms with Gasteiger partial charge in [-0.3, -0.25) is 19.4 Å². The van der Waals surface area contributed by atoms with Crippen LogP contribution >= 0.6 is 0 Å². The second-order valence-corrected chi connectivity index (χ2v) is 8.80. The number of benzene rings is 2. The van der Waals surface area contributed by atoms with Crippen LogP contribution in [0.25, 0.3) is 0 Å². The van der Waals surface area contributed by atoms with E-state index in [0.29, 0.717) is 5.56 Å². The number of nitrogens with zero attached hydrogens (tertiary/aromatic N) is 3. The Bertz CT molecular complexity index is 1370. The van der Waals surface area contributed by atoms with Crippen LogP contribution in [-0.4, -0.2) is 46.9 Å². The molecule has 3 heterocycles. The van der Waals surface area contributed by atoms with Gasteiger partial charge in [-0.2, -0.15) is 0 Å². The molecule has 2 aliphatic rings. The first-order chi connectivity index (χ1) is 17.4. The van der Waals surface area contributed by atoms with Crippen molar-refractivity contribution in [1.29, 1.82) is 0 Å². The van der Waals surface area contributed by atoms with Crippen molar-refractivity contribution in [2.24, 2.45) is 0 Å². The minimum atomic E-state index is -1.19. The first-order valence-electron chi connectivity index (χ1n) is 11.8. The Labute approximate surface area is 207 Å². The van der Waals surface area contributed by atoms with Crippen LogP contribution in [0.3, 0.4) is 0 Å². The van der Waals surface area contributed by atoms with E-state index in [4.69, 9.17) is 0 Å². The Kier molecular flexibility index (Phi) is 6.20. The van der Waals surface area contributed by atoms with Gasteiger partial charge in [0.1, 0.15) is 0 Å². The summed E-state index contributed by atoms with van der Waals surface area (Å²) in [7, 11) is 0. The molecule has 9 nitrogen and oxygen atoms in total. The Hall–Kier alpha value is -4.53. The number of aromatic nitrogens is 1. The minimum Gasteiger partial charge on any atom is -0.478 e. The lowest BCUT2D eigenvalue weighted by Crippen LogP contribution is -2.34. The van der Waals surface area contributed by atoms with Crippen LogP contribution in [0.1, 0.15) is 66.3 Å². The van der Waals surface area contributed by atoms with Crippen molar-refractivity contribution in [3.8, 4) is 0 Å². The third kappa shape index (κ3) is 4.31. The zero-order valence-electron chi connectivity index (χ0n) is 19.4. The van der Waals surface area contributed by atoms with Crippen LogP contribution in [0.15, 0.2) is 60.9 Å². The topological polar surface area (TPSA) is 120 Å². The Morgan fingerprint density at radius 2 is 1.72 bits per heavy atom. The summed E-state index contributed by atoms with van der Waals surface area (Å²) < 4.78 is 0. The van der Waals surface area contributed by atoms with Crippen LogP contribution in [0.5, 0.6) is 0 Å². The predicted molar refractivity (Wildman–Crippen MR) is 132 cm³/mol. The van der Waals surface area contributed by atoms with Crippen molar-refractivity contribution in [3.63, 3.8) is 0 Å². The molecule has 3 amide bonds. The molecule has 182 valence electrons. The van der Waals surface area contributed by atoms with Gasteiger partial charge in [-0.15, -0.1) is 0 Å². The number of hydrogen-bond donors (Lipinski definition) is 2. The number of aromatic carboxylic acids is 1. The molecule has 1 saturated heterocycles. The summed E-state index contributed by atoms with van der Waals surface area (Å²) in [6.45, 7) is 1.90. The zero-order chi connectivity index (χ0) is 25.2. The molecular formula is C27H24N4O5. The maximum absolute atomic E-state index is 13.3. The lowest BCUT2D eigenvalue weighted by molar-refractivity contribution is 0.0696. The molecule has 9 heteroatoms. The summed E-state index contributed by atoms with van der Waals surface area (Å²) in [5.41, 5.74) is 2.29. The van der Waals surface area contributed by atoms with E-state index in [2.05, 4.69) is 15.2 Å². The van der Waals surface area contributed by atoms with Crippen molar-refractivity contribution >= 4 is 35.1 Å². The maximum Gasteiger partial charge on any atom is 0.335 e. The molecule has 5 rings (SSSR count). The highest BCUT2D eigenvalue weighted by atomic mass is 16.4. The summed E-state index contributed by atoms with van der Waals surface area (Å²) in [6.07, 6.45) is 6.49. The molecule has 3 aromatic rings. The van der Waals surface area contributed by atoms with Gasteiger partial charge in [0.05, 0.1) is 27.9 Å². The van der Waals surface area contributed by atoms with Crippen molar-refractivity contribution in [3.05, 3.63) is 88.7 Å². The molecule has 0 radical (unpaired) electrons. The number of amides is 3. The molecule has 0 aliphatic carbocycles. The number of carbonyl (C=O) groups is 4. The number of hydrogen-bond acceptors (Lipinski definition) is 6. The fourth-order valence-corrected chi connectivity index (χ4v) is 4.64. The fourth-order valence-electron chi connectivity index (χ4n) is 4.64. The monoisotopic (exact) mass is 484 g/mol. The Morgan fingerprint density at radius 3 is 2.44 bits per heavy atom. The van der Waals surface area contributed by atoms with Gasteiger partial charge < -0.3 is 15.3 Å². The fraction of sp³-hybridized carbons (Fsp3) is 0.222. The zero-order valence-corrected chi connectivity index (χ0v) is 19.4. The van der Waals surface area contributed by atoms with Crippen LogP contribution < -0.4 is 15.1 Å². The van der Waals surface area contributed by atoms with Crippen LogP contribution in [-0.2, 0) is 6.54 Å². The number of anilines is 2. The van der Waals surface area contributed by atoms with Gasteiger partial charge in [0.25, 0.3) is 17.7 Å². The average molecular weight is 485 g/mol. The van der Waals surface area contributed by atoms with Gasteiger partial charge in [-0.25, -0.2) is 9.69 Å². The third-order valence-corrected chi connectivity index (χ3v) is 6.49. The summed E-state index contributed by atoms with van der Waals surface area (Å²) in [5, 5.41) is 12.2. The smallest absolute Gasteiger partial charge is 0.335 e. The van der Waals surface area contributed by atoms with Gasteiger partial charge >= 0.3 is 5.97 Å².